The van der Waals surface area contributed by atoms with Crippen molar-refractivity contribution in [3.63, 3.8) is 0 Å². The van der Waals surface area contributed by atoms with Crippen molar-refractivity contribution < 1.29 is 9.32 Å². The van der Waals surface area contributed by atoms with Gasteiger partial charge in [-0.25, -0.2) is 4.98 Å². The monoisotopic (exact) mass is 479 g/mol. The minimum absolute atomic E-state index is 0.266. The van der Waals surface area contributed by atoms with Crippen molar-refractivity contribution in [3.8, 4) is 22.5 Å². The summed E-state index contributed by atoms with van der Waals surface area (Å²) in [6, 6.07) is 19.3. The molecule has 5 rings (SSSR count). The molecule has 0 aliphatic carbocycles. The first-order chi connectivity index (χ1) is 15.5. The number of carbonyl (C=O) groups is 1. The van der Waals surface area contributed by atoms with Gasteiger partial charge in [0.15, 0.2) is 5.13 Å². The van der Waals surface area contributed by atoms with E-state index >= 15 is 0 Å². The van der Waals surface area contributed by atoms with E-state index in [-0.39, 0.29) is 5.56 Å². The Bertz CT molecular complexity index is 1450. The molecule has 5 nitrogen and oxygen atoms in total. The lowest BCUT2D eigenvalue weighted by atomic mass is 10.0. The summed E-state index contributed by atoms with van der Waals surface area (Å²) < 4.78 is 5.30. The van der Waals surface area contributed by atoms with E-state index in [1.54, 1.807) is 25.1 Å². The highest BCUT2D eigenvalue weighted by molar-refractivity contribution is 7.14. The molecule has 8 heteroatoms. The predicted octanol–water partition coefficient (Wildman–Crippen LogP) is 7.49. The molecule has 158 valence electrons. The van der Waals surface area contributed by atoms with Crippen LogP contribution < -0.4 is 5.32 Å². The molecule has 1 N–H and O–H groups in total. The van der Waals surface area contributed by atoms with Crippen LogP contribution in [0.5, 0.6) is 0 Å². The number of fused-ring (bicyclic) bond motifs is 1. The molecule has 0 fully saturated rings. The molecule has 5 aromatic rings. The summed E-state index contributed by atoms with van der Waals surface area (Å²) >= 11 is 14.0. The largest absolute Gasteiger partial charge is 0.360 e. The number of aryl methyl sites for hydroxylation is 1. The highest BCUT2D eigenvalue weighted by atomic mass is 35.5. The molecule has 0 unspecified atom stereocenters. The van der Waals surface area contributed by atoms with E-state index in [0.29, 0.717) is 32.2 Å². The van der Waals surface area contributed by atoms with Crippen LogP contribution in [-0.2, 0) is 0 Å². The topological polar surface area (TPSA) is 68.0 Å². The highest BCUT2D eigenvalue weighted by Gasteiger charge is 2.25. The maximum absolute atomic E-state index is 13.1. The molecule has 0 spiro atoms. The van der Waals surface area contributed by atoms with Gasteiger partial charge in [0.2, 0.25) is 0 Å². The van der Waals surface area contributed by atoms with E-state index in [0.717, 1.165) is 22.0 Å². The lowest BCUT2D eigenvalue weighted by Crippen LogP contribution is -2.13. The van der Waals surface area contributed by atoms with Crippen LogP contribution in [0.3, 0.4) is 0 Å². The Morgan fingerprint density at radius 2 is 1.72 bits per heavy atom. The number of rotatable bonds is 4. The van der Waals surface area contributed by atoms with Gasteiger partial charge >= 0.3 is 0 Å². The average Bonchev–Trinajstić information content (AvgIpc) is 3.40. The molecule has 32 heavy (non-hydrogen) atoms. The molecule has 0 aliphatic heterocycles. The van der Waals surface area contributed by atoms with E-state index in [9.17, 15) is 4.79 Å². The quantitative estimate of drug-likeness (QED) is 0.290. The number of aromatic nitrogens is 2. The summed E-state index contributed by atoms with van der Waals surface area (Å²) in [6.07, 6.45) is 0. The third-order valence-corrected chi connectivity index (χ3v) is 6.47. The summed E-state index contributed by atoms with van der Waals surface area (Å²) in [4.78, 5) is 17.8. The number of carbonyl (C=O) groups excluding carboxylic acids is 1. The van der Waals surface area contributed by atoms with Crippen molar-refractivity contribution >= 4 is 56.3 Å². The number of hydrogen-bond donors (Lipinski definition) is 1. The third kappa shape index (κ3) is 3.66. The number of nitrogens with zero attached hydrogens (tertiary/aromatic N) is 2. The molecule has 2 aromatic heterocycles. The maximum Gasteiger partial charge on any atom is 0.263 e. The third-order valence-electron chi connectivity index (χ3n) is 5.08. The van der Waals surface area contributed by atoms with Crippen LogP contribution in [0.1, 0.15) is 16.1 Å². The van der Waals surface area contributed by atoms with Gasteiger partial charge in [0.25, 0.3) is 5.91 Å². The number of hydrogen-bond acceptors (Lipinski definition) is 5. The Morgan fingerprint density at radius 3 is 2.53 bits per heavy atom. The fourth-order valence-electron chi connectivity index (χ4n) is 3.60. The smallest absolute Gasteiger partial charge is 0.263 e. The van der Waals surface area contributed by atoms with Crippen LogP contribution in [0.15, 0.2) is 70.6 Å². The number of nitrogens with one attached hydrogen (secondary N) is 1. The fourth-order valence-corrected chi connectivity index (χ4v) is 4.88. The van der Waals surface area contributed by atoms with E-state index < -0.39 is 5.91 Å². The van der Waals surface area contributed by atoms with Crippen molar-refractivity contribution in [2.45, 2.75) is 6.92 Å². The van der Waals surface area contributed by atoms with Crippen molar-refractivity contribution in [1.29, 1.82) is 0 Å². The molecule has 0 aliphatic rings. The second-order valence-electron chi connectivity index (χ2n) is 7.08. The van der Waals surface area contributed by atoms with Gasteiger partial charge in [-0.1, -0.05) is 76.9 Å². The van der Waals surface area contributed by atoms with Gasteiger partial charge in [0.1, 0.15) is 17.0 Å². The SMILES string of the molecule is Cc1onc(-c2c(Cl)cccc2Cl)c1C(=O)Nc1nc(-c2cccc3ccccc23)cs1. The molecule has 3 aromatic carbocycles. The Hall–Kier alpha value is -3.19. The Labute approximate surface area is 197 Å². The van der Waals surface area contributed by atoms with E-state index in [4.69, 9.17) is 27.7 Å². The second-order valence-corrected chi connectivity index (χ2v) is 8.75. The number of halogens is 2. The average molecular weight is 480 g/mol. The number of benzene rings is 3. The Morgan fingerprint density at radius 1 is 1.00 bits per heavy atom. The zero-order valence-electron chi connectivity index (χ0n) is 16.7. The maximum atomic E-state index is 13.1. The van der Waals surface area contributed by atoms with Crippen molar-refractivity contribution in [2.75, 3.05) is 5.32 Å². The van der Waals surface area contributed by atoms with Crippen LogP contribution >= 0.6 is 34.5 Å². The predicted molar refractivity (Wildman–Crippen MR) is 130 cm³/mol. The second kappa shape index (κ2) is 8.39. The number of amides is 1. The van der Waals surface area contributed by atoms with Crippen LogP contribution in [-0.4, -0.2) is 16.0 Å². The first kappa shape index (κ1) is 20.7. The zero-order valence-corrected chi connectivity index (χ0v) is 19.1. The molecule has 0 radical (unpaired) electrons. The molecule has 0 atom stereocenters. The van der Waals surface area contributed by atoms with Crippen LogP contribution in [0.2, 0.25) is 10.0 Å². The first-order valence-electron chi connectivity index (χ1n) is 9.68. The molecule has 0 saturated carbocycles. The lowest BCUT2D eigenvalue weighted by Gasteiger charge is -2.06. The number of thiazole rings is 1. The van der Waals surface area contributed by atoms with Crippen LogP contribution in [0, 0.1) is 6.92 Å². The lowest BCUT2D eigenvalue weighted by molar-refractivity contribution is 0.102. The van der Waals surface area contributed by atoms with Crippen LogP contribution in [0.4, 0.5) is 5.13 Å². The number of anilines is 1. The van der Waals surface area contributed by atoms with Gasteiger partial charge < -0.3 is 4.52 Å². The molecular weight excluding hydrogens is 465 g/mol. The Balaban J connectivity index is 1.48. The van der Waals surface area contributed by atoms with Crippen molar-refractivity contribution in [3.05, 3.63) is 87.4 Å². The van der Waals surface area contributed by atoms with E-state index in [1.165, 1.54) is 11.3 Å². The van der Waals surface area contributed by atoms with Gasteiger partial charge in [-0.2, -0.15) is 0 Å². The van der Waals surface area contributed by atoms with Crippen LogP contribution in [0.25, 0.3) is 33.3 Å². The summed E-state index contributed by atoms with van der Waals surface area (Å²) in [5, 5.41) is 12.3. The van der Waals surface area contributed by atoms with Gasteiger partial charge in [-0.15, -0.1) is 11.3 Å². The van der Waals surface area contributed by atoms with E-state index in [1.807, 2.05) is 29.6 Å². The van der Waals surface area contributed by atoms with Crippen molar-refractivity contribution in [2.24, 2.45) is 0 Å². The summed E-state index contributed by atoms with van der Waals surface area (Å²) in [5.41, 5.74) is 2.81. The van der Waals surface area contributed by atoms with Gasteiger partial charge in [0.05, 0.1) is 15.7 Å². The van der Waals surface area contributed by atoms with Gasteiger partial charge in [-0.05, 0) is 29.8 Å². The molecular formula is C24H15Cl2N3O2S. The Kier molecular flexibility index (Phi) is 5.43. The normalized spacial score (nSPS) is 11.1. The summed E-state index contributed by atoms with van der Waals surface area (Å²) in [5.74, 6) is -0.0344. The molecule has 2 heterocycles. The van der Waals surface area contributed by atoms with Crippen molar-refractivity contribution in [1.82, 2.24) is 10.1 Å². The first-order valence-corrected chi connectivity index (χ1v) is 11.3. The molecule has 0 saturated heterocycles. The molecule has 0 bridgehead atoms. The highest BCUT2D eigenvalue weighted by Crippen LogP contribution is 2.37. The zero-order chi connectivity index (χ0) is 22.2. The minimum atomic E-state index is -0.395. The fraction of sp³-hybridized carbons (Fsp3) is 0.0417. The van der Waals surface area contributed by atoms with Gasteiger partial charge in [-0.3, -0.25) is 10.1 Å². The standard InChI is InChI=1S/C24H15Cl2N3O2S/c1-13-20(22(29-31-13)21-17(25)10-5-11-18(21)26)23(30)28-24-27-19(12-32-24)16-9-4-7-14-6-2-3-8-15(14)16/h2-12H,1H3,(H,27,28,30). The summed E-state index contributed by atoms with van der Waals surface area (Å²) in [6.45, 7) is 1.67. The summed E-state index contributed by atoms with van der Waals surface area (Å²) in [7, 11) is 0. The molecule has 1 amide bonds. The van der Waals surface area contributed by atoms with E-state index in [2.05, 4.69) is 33.7 Å². The minimum Gasteiger partial charge on any atom is -0.360 e. The van der Waals surface area contributed by atoms with Gasteiger partial charge in [0, 0.05) is 16.5 Å².